The molecular formula is C13H15NO3S2. The summed E-state index contributed by atoms with van der Waals surface area (Å²) in [5.74, 6) is -0.581. The van der Waals surface area contributed by atoms with Crippen molar-refractivity contribution in [2.24, 2.45) is 0 Å². The number of nitrogens with one attached hydrogen (secondary N) is 1. The molecule has 4 nitrogen and oxygen atoms in total. The van der Waals surface area contributed by atoms with E-state index in [0.29, 0.717) is 13.2 Å². The molecule has 1 N–H and O–H groups in total. The molecule has 1 aliphatic heterocycles. The van der Waals surface area contributed by atoms with Crippen LogP contribution in [0.2, 0.25) is 0 Å². The van der Waals surface area contributed by atoms with E-state index in [1.165, 1.54) is 11.3 Å². The molecule has 0 spiro atoms. The van der Waals surface area contributed by atoms with Crippen molar-refractivity contribution >= 4 is 38.0 Å². The molecule has 2 aromatic rings. The topological polar surface area (TPSA) is 47.6 Å². The van der Waals surface area contributed by atoms with Gasteiger partial charge in [-0.3, -0.25) is 4.79 Å². The van der Waals surface area contributed by atoms with Gasteiger partial charge in [-0.15, -0.1) is 22.7 Å². The first-order valence-corrected chi connectivity index (χ1v) is 7.80. The van der Waals surface area contributed by atoms with E-state index < -0.39 is 5.79 Å². The Hall–Kier alpha value is -0.950. The van der Waals surface area contributed by atoms with E-state index >= 15 is 0 Å². The summed E-state index contributed by atoms with van der Waals surface area (Å²) in [6.45, 7) is 4.75. The summed E-state index contributed by atoms with van der Waals surface area (Å²) in [6, 6.07) is 3.98. The number of hydrogen-bond donors (Lipinski definition) is 1. The molecule has 1 atom stereocenters. The van der Waals surface area contributed by atoms with E-state index in [4.69, 9.17) is 9.47 Å². The summed E-state index contributed by atoms with van der Waals surface area (Å²) >= 11 is 3.18. The Morgan fingerprint density at radius 1 is 1.53 bits per heavy atom. The summed E-state index contributed by atoms with van der Waals surface area (Å²) in [6.07, 6.45) is -0.0694. The molecule has 1 fully saturated rings. The average molecular weight is 297 g/mol. The summed E-state index contributed by atoms with van der Waals surface area (Å²) in [5, 5.41) is 4.94. The van der Waals surface area contributed by atoms with E-state index in [9.17, 15) is 4.79 Å². The fourth-order valence-corrected chi connectivity index (χ4v) is 4.06. The van der Waals surface area contributed by atoms with E-state index in [1.807, 2.05) is 31.4 Å². The lowest BCUT2D eigenvalue weighted by atomic mass is 10.3. The van der Waals surface area contributed by atoms with Gasteiger partial charge in [0.2, 0.25) is 0 Å². The highest BCUT2D eigenvalue weighted by atomic mass is 32.1. The average Bonchev–Trinajstić information content (AvgIpc) is 2.99. The van der Waals surface area contributed by atoms with E-state index in [-0.39, 0.29) is 12.0 Å². The SMILES string of the molecule is CC1(C)OCC(CNC(=O)c2cc3sccc3s2)O1. The van der Waals surface area contributed by atoms with Crippen molar-refractivity contribution in [2.75, 3.05) is 13.2 Å². The number of carbonyl (C=O) groups is 1. The normalized spacial score (nSPS) is 21.9. The predicted octanol–water partition coefficient (Wildman–Crippen LogP) is 2.84. The Morgan fingerprint density at radius 2 is 2.37 bits per heavy atom. The van der Waals surface area contributed by atoms with Crippen LogP contribution < -0.4 is 5.32 Å². The van der Waals surface area contributed by atoms with Crippen LogP contribution in [0.1, 0.15) is 23.5 Å². The highest BCUT2D eigenvalue weighted by Gasteiger charge is 2.32. The van der Waals surface area contributed by atoms with Crippen molar-refractivity contribution in [3.05, 3.63) is 22.4 Å². The first-order valence-electron chi connectivity index (χ1n) is 6.10. The number of carbonyl (C=O) groups excluding carboxylic acids is 1. The lowest BCUT2D eigenvalue weighted by molar-refractivity contribution is -0.137. The lowest BCUT2D eigenvalue weighted by Gasteiger charge is -2.17. The van der Waals surface area contributed by atoms with Crippen molar-refractivity contribution in [1.82, 2.24) is 5.32 Å². The zero-order valence-electron chi connectivity index (χ0n) is 10.8. The number of hydrogen-bond acceptors (Lipinski definition) is 5. The molecule has 0 bridgehead atoms. The highest BCUT2D eigenvalue weighted by Crippen LogP contribution is 2.30. The molecule has 1 unspecified atom stereocenters. The maximum absolute atomic E-state index is 12.0. The molecule has 3 rings (SSSR count). The monoisotopic (exact) mass is 297 g/mol. The molecule has 6 heteroatoms. The predicted molar refractivity (Wildman–Crippen MR) is 76.9 cm³/mol. The third-order valence-electron chi connectivity index (χ3n) is 2.92. The van der Waals surface area contributed by atoms with Crippen LogP contribution in [-0.2, 0) is 9.47 Å². The zero-order chi connectivity index (χ0) is 13.5. The van der Waals surface area contributed by atoms with Gasteiger partial charge in [0.15, 0.2) is 5.79 Å². The smallest absolute Gasteiger partial charge is 0.261 e. The molecule has 1 aliphatic rings. The Balaban J connectivity index is 1.58. The van der Waals surface area contributed by atoms with Crippen LogP contribution in [0.4, 0.5) is 0 Å². The van der Waals surface area contributed by atoms with Gasteiger partial charge in [-0.25, -0.2) is 0 Å². The quantitative estimate of drug-likeness (QED) is 0.947. The van der Waals surface area contributed by atoms with Crippen LogP contribution in [0, 0.1) is 0 Å². The van der Waals surface area contributed by atoms with Gasteiger partial charge in [0.05, 0.1) is 11.5 Å². The van der Waals surface area contributed by atoms with Crippen LogP contribution in [0.5, 0.6) is 0 Å². The van der Waals surface area contributed by atoms with E-state index in [0.717, 1.165) is 14.3 Å². The molecule has 1 amide bonds. The van der Waals surface area contributed by atoms with Gasteiger partial charge in [0.25, 0.3) is 5.91 Å². The number of thiophene rings is 2. The fraction of sp³-hybridized carbons (Fsp3) is 0.462. The number of amides is 1. The van der Waals surface area contributed by atoms with E-state index in [1.54, 1.807) is 11.3 Å². The van der Waals surface area contributed by atoms with Gasteiger partial charge in [-0.05, 0) is 31.4 Å². The summed E-state index contributed by atoms with van der Waals surface area (Å²) < 4.78 is 13.4. The van der Waals surface area contributed by atoms with Gasteiger partial charge in [-0.1, -0.05) is 0 Å². The summed E-state index contributed by atoms with van der Waals surface area (Å²) in [7, 11) is 0. The van der Waals surface area contributed by atoms with Crippen molar-refractivity contribution in [1.29, 1.82) is 0 Å². The van der Waals surface area contributed by atoms with Gasteiger partial charge in [0, 0.05) is 15.9 Å². The molecule has 1 saturated heterocycles. The first-order chi connectivity index (χ1) is 9.03. The van der Waals surface area contributed by atoms with Gasteiger partial charge < -0.3 is 14.8 Å². The summed E-state index contributed by atoms with van der Waals surface area (Å²) in [4.78, 5) is 12.8. The molecule has 0 aromatic carbocycles. The zero-order valence-corrected chi connectivity index (χ0v) is 12.4. The third-order valence-corrected chi connectivity index (χ3v) is 5.01. The second-order valence-electron chi connectivity index (χ2n) is 4.92. The van der Waals surface area contributed by atoms with Crippen LogP contribution in [-0.4, -0.2) is 30.9 Å². The molecule has 0 aliphatic carbocycles. The van der Waals surface area contributed by atoms with Crippen molar-refractivity contribution in [3.63, 3.8) is 0 Å². The minimum atomic E-state index is -0.541. The Morgan fingerprint density at radius 3 is 3.05 bits per heavy atom. The van der Waals surface area contributed by atoms with Gasteiger partial charge in [-0.2, -0.15) is 0 Å². The number of fused-ring (bicyclic) bond motifs is 1. The largest absolute Gasteiger partial charge is 0.349 e. The molecule has 3 heterocycles. The van der Waals surface area contributed by atoms with Crippen LogP contribution in [0.15, 0.2) is 17.5 Å². The molecule has 0 saturated carbocycles. The maximum atomic E-state index is 12.0. The van der Waals surface area contributed by atoms with Crippen LogP contribution in [0.25, 0.3) is 9.40 Å². The maximum Gasteiger partial charge on any atom is 0.261 e. The van der Waals surface area contributed by atoms with E-state index in [2.05, 4.69) is 5.32 Å². The standard InChI is InChI=1S/C13H15NO3S2/c1-13(2)16-7-8(17-13)6-14-12(15)11-5-10-9(19-11)3-4-18-10/h3-5,8H,6-7H2,1-2H3,(H,14,15). The van der Waals surface area contributed by atoms with Crippen molar-refractivity contribution in [2.45, 2.75) is 25.7 Å². The summed E-state index contributed by atoms with van der Waals surface area (Å²) in [5.41, 5.74) is 0. The minimum Gasteiger partial charge on any atom is -0.349 e. The Kier molecular flexibility index (Phi) is 3.34. The molecule has 102 valence electrons. The second kappa shape index (κ2) is 4.86. The van der Waals surface area contributed by atoms with Gasteiger partial charge in [0.1, 0.15) is 6.10 Å². The Labute approximate surface area is 119 Å². The van der Waals surface area contributed by atoms with Crippen LogP contribution in [0.3, 0.4) is 0 Å². The highest BCUT2D eigenvalue weighted by molar-refractivity contribution is 7.27. The molecule has 2 aromatic heterocycles. The molecule has 19 heavy (non-hydrogen) atoms. The van der Waals surface area contributed by atoms with Crippen molar-refractivity contribution in [3.8, 4) is 0 Å². The van der Waals surface area contributed by atoms with Crippen molar-refractivity contribution < 1.29 is 14.3 Å². The minimum absolute atomic E-state index is 0.0401. The first kappa shape index (κ1) is 13.1. The lowest BCUT2D eigenvalue weighted by Crippen LogP contribution is -2.34. The second-order valence-corrected chi connectivity index (χ2v) is 6.95. The molecule has 0 radical (unpaired) electrons. The van der Waals surface area contributed by atoms with Gasteiger partial charge >= 0.3 is 0 Å². The number of ether oxygens (including phenoxy) is 2. The molecular weight excluding hydrogens is 282 g/mol. The number of rotatable bonds is 3. The Bertz CT molecular complexity index is 573. The van der Waals surface area contributed by atoms with Crippen LogP contribution >= 0.6 is 22.7 Å². The fourth-order valence-electron chi connectivity index (χ4n) is 2.03. The third kappa shape index (κ3) is 2.81.